The summed E-state index contributed by atoms with van der Waals surface area (Å²) in [5.41, 5.74) is -19.2. The summed E-state index contributed by atoms with van der Waals surface area (Å²) in [4.78, 5) is 35.5. The second-order valence-electron chi connectivity index (χ2n) is 13.8. The van der Waals surface area contributed by atoms with Gasteiger partial charge in [-0.2, -0.15) is 79.0 Å². The second kappa shape index (κ2) is 24.9. The number of alkyl halides is 18. The summed E-state index contributed by atoms with van der Waals surface area (Å²) in [6.45, 7) is 0. The third kappa shape index (κ3) is 18.7. The first-order chi connectivity index (χ1) is 33.4. The van der Waals surface area contributed by atoms with Gasteiger partial charge in [0.2, 0.25) is 0 Å². The van der Waals surface area contributed by atoms with Crippen LogP contribution in [0, 0.1) is 17.9 Å². The quantitative estimate of drug-likeness (QED) is 0.0426. The third-order valence-electron chi connectivity index (χ3n) is 8.25. The summed E-state index contributed by atoms with van der Waals surface area (Å²) in [6, 6.07) is 7.24. The van der Waals surface area contributed by atoms with E-state index >= 15 is 0 Å². The zero-order valence-electron chi connectivity index (χ0n) is 34.7. The van der Waals surface area contributed by atoms with Crippen LogP contribution in [0.15, 0.2) is 48.5 Å². The molecule has 0 unspecified atom stereocenters. The van der Waals surface area contributed by atoms with E-state index in [0.29, 0.717) is 19.3 Å². The highest BCUT2D eigenvalue weighted by molar-refractivity contribution is 14.1. The lowest BCUT2D eigenvalue weighted by Gasteiger charge is -2.37. The van der Waals surface area contributed by atoms with E-state index < -0.39 is 148 Å². The smallest absolute Gasteiger partial charge is 0.438 e. The number of carbonyl (C=O) groups is 3. The molecule has 0 radical (unpaired) electrons. The van der Waals surface area contributed by atoms with Crippen molar-refractivity contribution in [2.24, 2.45) is 0 Å². The molecule has 0 aliphatic rings. The lowest BCUT2D eigenvalue weighted by Crippen LogP contribution is -2.63. The van der Waals surface area contributed by atoms with E-state index in [1.165, 1.54) is 57.3 Å². The van der Waals surface area contributed by atoms with Crippen molar-refractivity contribution in [3.05, 3.63) is 83.1 Å². The fraction of sp³-hybridized carbons (Fsp3) is 0.364. The highest BCUT2D eigenvalue weighted by Gasteiger charge is 2.77. The van der Waals surface area contributed by atoms with Crippen molar-refractivity contribution in [1.82, 2.24) is 0 Å². The Balaban J connectivity index is 0.000000571. The fourth-order valence-corrected chi connectivity index (χ4v) is 11.7. The number of esters is 3. The van der Waals surface area contributed by atoms with Crippen molar-refractivity contribution in [1.29, 1.82) is 0 Å². The molecule has 0 aliphatic heterocycles. The first kappa shape index (κ1) is 71.8. The Morgan fingerprint density at radius 2 is 0.697 bits per heavy atom. The largest absolute Gasteiger partial charge is 0.748 e. The summed E-state index contributed by atoms with van der Waals surface area (Å²) >= 11 is 7.87. The van der Waals surface area contributed by atoms with Gasteiger partial charge in [-0.3, -0.25) is 0 Å². The van der Waals surface area contributed by atoms with Crippen LogP contribution >= 0.6 is 113 Å². The normalized spacial score (nSPS) is 13.6. The molecule has 0 saturated carbocycles. The van der Waals surface area contributed by atoms with Crippen LogP contribution in [0.4, 0.5) is 79.0 Å². The van der Waals surface area contributed by atoms with E-state index in [9.17, 15) is 137 Å². The van der Waals surface area contributed by atoms with E-state index in [1.807, 2.05) is 0 Å². The number of ether oxygens (including phenoxy) is 3. The molecule has 0 saturated heterocycles. The highest BCUT2D eigenvalue weighted by atomic mass is 127. The lowest BCUT2D eigenvalue weighted by atomic mass is 10.1. The van der Waals surface area contributed by atoms with Crippen LogP contribution in [0.5, 0.6) is 11.5 Å². The van der Waals surface area contributed by atoms with Gasteiger partial charge in [0.15, 0.2) is 0 Å². The molecule has 432 valence electrons. The number of benzene rings is 3. The molecule has 3 rings (SSSR count). The molecule has 0 spiro atoms. The van der Waals surface area contributed by atoms with Gasteiger partial charge in [0.1, 0.15) is 17.1 Å². The minimum atomic E-state index is -6.48. The molecule has 2 N–H and O–H groups in total. The molecular weight excluding hydrogens is 1740 g/mol. The second-order valence-corrected chi connectivity index (χ2v) is 23.9. The first-order valence-electron chi connectivity index (χ1n) is 17.4. The maximum atomic E-state index is 13.1. The number of phenolic OH excluding ortho intramolecular Hbond substituents is 2. The molecule has 0 fully saturated rings. The molecule has 17 nitrogen and oxygen atoms in total. The molecule has 0 amide bonds. The standard InChI is InChI=1S/C11H5F6I3O5S.C11H6F6I2O6S.C11H8F6O6S/c2*12-10(13,14)9(11(15,16)17,3-26(22,23)24)25-8(21)5-1-4(18)2-6(19)7(5)20;12-10(13,14)9(11(15,16)17,5-24(20,21)22)23-8(19)6-1-3-7(18)4-2-6/h1-2H,3H2,(H,22,23,24);1-2,20H,3H2,(H,22,23,24);1-4,18H,5H2,(H,20,21,22)/p-3. The van der Waals surface area contributed by atoms with Gasteiger partial charge in [-0.25, -0.2) is 39.6 Å². The van der Waals surface area contributed by atoms with Crippen molar-refractivity contribution in [3.8, 4) is 11.5 Å². The number of aromatic hydroxyl groups is 2. The zero-order chi connectivity index (χ0) is 60.4. The van der Waals surface area contributed by atoms with Crippen molar-refractivity contribution >= 4 is 161 Å². The Kier molecular flexibility index (Phi) is 23.5. The van der Waals surface area contributed by atoms with Gasteiger partial charge in [0.25, 0.3) is 0 Å². The molecule has 0 heterocycles. The van der Waals surface area contributed by atoms with E-state index in [4.69, 9.17) is 5.11 Å². The van der Waals surface area contributed by atoms with Crippen molar-refractivity contribution in [3.63, 3.8) is 0 Å². The Labute approximate surface area is 479 Å². The Morgan fingerprint density at radius 3 is 0.987 bits per heavy atom. The van der Waals surface area contributed by atoms with Crippen LogP contribution < -0.4 is 0 Å². The van der Waals surface area contributed by atoms with Gasteiger partial charge >= 0.3 is 71.8 Å². The van der Waals surface area contributed by atoms with E-state index in [2.05, 4.69) is 14.2 Å². The maximum absolute atomic E-state index is 13.1. The van der Waals surface area contributed by atoms with Crippen LogP contribution in [-0.2, 0) is 44.6 Å². The first-order valence-corrected chi connectivity index (χ1v) is 27.6. The minimum Gasteiger partial charge on any atom is -0.748 e. The van der Waals surface area contributed by atoms with Crippen LogP contribution in [0.1, 0.15) is 31.1 Å². The molecule has 76 heavy (non-hydrogen) atoms. The molecule has 0 atom stereocenters. The lowest BCUT2D eigenvalue weighted by molar-refractivity contribution is -0.357. The van der Waals surface area contributed by atoms with Crippen LogP contribution in [0.25, 0.3) is 0 Å². The summed E-state index contributed by atoms with van der Waals surface area (Å²) in [5, 5.41) is 18.6. The Hall–Kier alpha value is -2.21. The topological polar surface area (TPSA) is 291 Å². The van der Waals surface area contributed by atoms with Crippen LogP contribution in [0.2, 0.25) is 0 Å². The van der Waals surface area contributed by atoms with Gasteiger partial charge < -0.3 is 38.1 Å². The number of hydrogen-bond acceptors (Lipinski definition) is 17. The summed E-state index contributed by atoms with van der Waals surface area (Å²) in [7, 11) is -18.3. The maximum Gasteiger partial charge on any atom is 0.438 e. The molecule has 0 bridgehead atoms. The average Bonchev–Trinajstić information content (AvgIpc) is 3.16. The molecule has 0 aliphatic carbocycles. The zero-order valence-corrected chi connectivity index (χ0v) is 47.9. The van der Waals surface area contributed by atoms with Gasteiger partial charge in [-0.05, 0) is 161 Å². The van der Waals surface area contributed by atoms with Crippen molar-refractivity contribution < 1.29 is 157 Å². The van der Waals surface area contributed by atoms with Crippen molar-refractivity contribution in [2.45, 2.75) is 53.9 Å². The minimum absolute atomic E-state index is 0.00292. The van der Waals surface area contributed by atoms with E-state index in [0.717, 1.165) is 24.3 Å². The molecular formula is C33H16F18I5O17S3-3. The number of hydrogen-bond donors (Lipinski definition) is 2. The van der Waals surface area contributed by atoms with Gasteiger partial charge in [-0.15, -0.1) is 0 Å². The van der Waals surface area contributed by atoms with Gasteiger partial charge in [-0.1, -0.05) is 0 Å². The predicted octanol–water partition coefficient (Wildman–Crippen LogP) is 9.19. The monoisotopic (exact) mass is 1760 g/mol. The Bertz CT molecular complexity index is 2800. The van der Waals surface area contributed by atoms with E-state index in [-0.39, 0.29) is 10.7 Å². The van der Waals surface area contributed by atoms with Crippen molar-refractivity contribution in [2.75, 3.05) is 17.3 Å². The summed E-state index contributed by atoms with van der Waals surface area (Å²) in [5.74, 6) is -17.2. The number of halogens is 23. The summed E-state index contributed by atoms with van der Waals surface area (Å²) < 4.78 is 341. The number of rotatable bonds is 12. The number of phenols is 2. The fourth-order valence-electron chi connectivity index (χ4n) is 4.82. The average molecular weight is 1760 g/mol. The predicted molar refractivity (Wildman–Crippen MR) is 251 cm³/mol. The molecule has 3 aromatic rings. The van der Waals surface area contributed by atoms with E-state index in [1.54, 1.807) is 67.8 Å². The number of carbonyl (C=O) groups excluding carboxylic acids is 3. The van der Waals surface area contributed by atoms with Gasteiger partial charge in [0, 0.05) is 14.3 Å². The SMILES string of the molecule is O=C(OC(CS(=O)(=O)[O-])(C(F)(F)F)C(F)(F)F)c1cc(I)cc(I)c1I.O=C(OC(CS(=O)(=O)[O-])(C(F)(F)F)C(F)(F)F)c1cc(I)cc(I)c1O.O=C(OC(CS(=O)(=O)[O-])(C(F)(F)F)C(F)(F)F)c1ccc(O)cc1. The van der Waals surface area contributed by atoms with Gasteiger partial charge in [0.05, 0.1) is 62.3 Å². The molecule has 43 heteroatoms. The molecule has 0 aromatic heterocycles. The molecule has 3 aromatic carbocycles. The third-order valence-corrected chi connectivity index (χ3v) is 15.6. The van der Waals surface area contributed by atoms with Crippen LogP contribution in [0.3, 0.4) is 0 Å². The Morgan fingerprint density at radius 1 is 0.434 bits per heavy atom. The van der Waals surface area contributed by atoms with Crippen LogP contribution in [-0.4, -0.2) is 138 Å². The highest BCUT2D eigenvalue weighted by Crippen LogP contribution is 2.50. The summed E-state index contributed by atoms with van der Waals surface area (Å²) in [6.07, 6.45) is -38.6.